The molecule has 7 nitrogen and oxygen atoms in total. The Hall–Kier alpha value is -2.98. The van der Waals surface area contributed by atoms with Crippen LogP contribution in [0.25, 0.3) is 0 Å². The number of hydrogen-bond donors (Lipinski definition) is 2. The molecule has 2 aromatic heterocycles. The van der Waals surface area contributed by atoms with E-state index in [9.17, 15) is 14.4 Å². The number of carbonyl (C=O) groups excluding carboxylic acids is 3. The molecule has 1 aliphatic rings. The fraction of sp³-hybridized carbons (Fsp3) is 0.160. The summed E-state index contributed by atoms with van der Waals surface area (Å²) in [6, 6.07) is 13.9. The second-order valence-electron chi connectivity index (χ2n) is 7.71. The van der Waals surface area contributed by atoms with Gasteiger partial charge in [-0.3, -0.25) is 19.4 Å². The molecule has 3 heterocycles. The quantitative estimate of drug-likeness (QED) is 0.282. The molecule has 2 amide bonds. The van der Waals surface area contributed by atoms with Gasteiger partial charge in [-0.25, -0.2) is 5.43 Å². The van der Waals surface area contributed by atoms with E-state index in [0.717, 1.165) is 22.6 Å². The number of rotatable bonds is 8. The van der Waals surface area contributed by atoms with Crippen molar-refractivity contribution in [3.63, 3.8) is 0 Å². The number of hydrogen-bond acceptors (Lipinski definition) is 7. The predicted octanol–water partition coefficient (Wildman–Crippen LogP) is 5.47. The van der Waals surface area contributed by atoms with Gasteiger partial charge in [0.05, 0.1) is 30.8 Å². The van der Waals surface area contributed by atoms with Gasteiger partial charge in [-0.05, 0) is 54.3 Å². The van der Waals surface area contributed by atoms with E-state index in [4.69, 9.17) is 23.2 Å². The molecule has 0 aliphatic carbocycles. The number of ketones is 1. The summed E-state index contributed by atoms with van der Waals surface area (Å²) in [5.74, 6) is -0.858. The smallest absolute Gasteiger partial charge is 0.281 e. The van der Waals surface area contributed by atoms with Gasteiger partial charge in [-0.15, -0.1) is 23.1 Å². The molecule has 0 bridgehead atoms. The zero-order valence-corrected chi connectivity index (χ0v) is 22.1. The molecule has 0 saturated heterocycles. The molecule has 0 saturated carbocycles. The lowest BCUT2D eigenvalue weighted by molar-refractivity contribution is -0.114. The van der Waals surface area contributed by atoms with E-state index >= 15 is 0 Å². The van der Waals surface area contributed by atoms with E-state index < -0.39 is 11.2 Å². The van der Waals surface area contributed by atoms with Crippen molar-refractivity contribution in [2.24, 2.45) is 5.10 Å². The Morgan fingerprint density at radius 2 is 1.83 bits per heavy atom. The first-order valence-corrected chi connectivity index (χ1v) is 13.3. The summed E-state index contributed by atoms with van der Waals surface area (Å²) >= 11 is 14.5. The molecule has 0 spiro atoms. The minimum absolute atomic E-state index is 0.130. The Labute approximate surface area is 226 Å². The third-order valence-corrected chi connectivity index (χ3v) is 8.19. The number of thioether (sulfide) groups is 1. The number of halogens is 2. The molecule has 1 unspecified atom stereocenters. The number of pyridine rings is 1. The number of hydrazone groups is 1. The molecule has 2 N–H and O–H groups in total. The highest BCUT2D eigenvalue weighted by atomic mass is 35.5. The molecular weight excluding hydrogens is 539 g/mol. The third kappa shape index (κ3) is 6.22. The fourth-order valence-corrected chi connectivity index (χ4v) is 5.57. The van der Waals surface area contributed by atoms with Crippen LogP contribution >= 0.6 is 46.3 Å². The number of thiophene rings is 1. The van der Waals surface area contributed by atoms with Crippen LogP contribution in [0, 0.1) is 0 Å². The van der Waals surface area contributed by atoms with Crippen molar-refractivity contribution in [1.29, 1.82) is 0 Å². The minimum atomic E-state index is -0.466. The maximum Gasteiger partial charge on any atom is 0.281 e. The second kappa shape index (κ2) is 11.8. The second-order valence-corrected chi connectivity index (χ2v) is 10.6. The highest BCUT2D eigenvalue weighted by Crippen LogP contribution is 2.41. The summed E-state index contributed by atoms with van der Waals surface area (Å²) in [4.78, 5) is 42.8. The lowest BCUT2D eigenvalue weighted by atomic mass is 10.0. The Balaban J connectivity index is 1.31. The Morgan fingerprint density at radius 1 is 1.06 bits per heavy atom. The number of benzene rings is 1. The van der Waals surface area contributed by atoms with Gasteiger partial charge in [0.15, 0.2) is 5.78 Å². The number of carbonyl (C=O) groups is 3. The van der Waals surface area contributed by atoms with Gasteiger partial charge in [-0.2, -0.15) is 5.10 Å². The maximum atomic E-state index is 12.9. The highest BCUT2D eigenvalue weighted by Gasteiger charge is 2.31. The highest BCUT2D eigenvalue weighted by molar-refractivity contribution is 8.03. The average molecular weight is 560 g/mol. The van der Waals surface area contributed by atoms with E-state index in [-0.39, 0.29) is 11.7 Å². The Morgan fingerprint density at radius 3 is 2.56 bits per heavy atom. The van der Waals surface area contributed by atoms with Crippen LogP contribution in [0.4, 0.5) is 0 Å². The average Bonchev–Trinajstić information content (AvgIpc) is 3.52. The van der Waals surface area contributed by atoms with Crippen LogP contribution in [0.5, 0.6) is 0 Å². The van der Waals surface area contributed by atoms with Gasteiger partial charge in [0.25, 0.3) is 11.8 Å². The number of nitrogens with one attached hydrogen (secondary N) is 2. The maximum absolute atomic E-state index is 12.9. The number of aromatic nitrogens is 1. The molecule has 3 aromatic rings. The van der Waals surface area contributed by atoms with Gasteiger partial charge in [0.2, 0.25) is 0 Å². The van der Waals surface area contributed by atoms with E-state index in [1.54, 1.807) is 48.9 Å². The van der Waals surface area contributed by atoms with Gasteiger partial charge in [-0.1, -0.05) is 35.3 Å². The predicted molar refractivity (Wildman–Crippen MR) is 145 cm³/mol. The van der Waals surface area contributed by atoms with E-state index in [2.05, 4.69) is 20.8 Å². The topological polar surface area (TPSA) is 101 Å². The van der Waals surface area contributed by atoms with Crippen molar-refractivity contribution in [3.8, 4) is 0 Å². The first-order valence-electron chi connectivity index (χ1n) is 10.8. The zero-order chi connectivity index (χ0) is 25.7. The van der Waals surface area contributed by atoms with E-state index in [1.165, 1.54) is 11.8 Å². The van der Waals surface area contributed by atoms with Crippen molar-refractivity contribution in [3.05, 3.63) is 96.8 Å². The number of nitrogens with zero attached hydrogens (tertiary/aromatic N) is 2. The van der Waals surface area contributed by atoms with Gasteiger partial charge in [0, 0.05) is 30.4 Å². The van der Waals surface area contributed by atoms with E-state index in [1.807, 2.05) is 18.2 Å². The molecule has 1 atom stereocenters. The molecule has 4 rings (SSSR count). The van der Waals surface area contributed by atoms with Crippen LogP contribution in [-0.4, -0.2) is 34.8 Å². The molecule has 0 radical (unpaired) electrons. The van der Waals surface area contributed by atoms with Crippen molar-refractivity contribution < 1.29 is 14.4 Å². The zero-order valence-electron chi connectivity index (χ0n) is 19.0. The van der Waals surface area contributed by atoms with Gasteiger partial charge < -0.3 is 5.32 Å². The van der Waals surface area contributed by atoms with Crippen LogP contribution in [0.1, 0.15) is 42.8 Å². The first-order chi connectivity index (χ1) is 17.3. The van der Waals surface area contributed by atoms with Gasteiger partial charge >= 0.3 is 0 Å². The third-order valence-electron chi connectivity index (χ3n) is 5.23. The number of amides is 2. The Bertz CT molecular complexity index is 1370. The van der Waals surface area contributed by atoms with Crippen LogP contribution in [0.2, 0.25) is 10.0 Å². The Kier molecular flexibility index (Phi) is 8.58. The number of Topliss-reactive ketones (excluding diaryl/α,β-unsaturated/α-hetero) is 1. The lowest BCUT2D eigenvalue weighted by Crippen LogP contribution is -2.25. The van der Waals surface area contributed by atoms with Crippen LogP contribution in [0.15, 0.2) is 70.8 Å². The van der Waals surface area contributed by atoms with Crippen molar-refractivity contribution in [2.45, 2.75) is 18.6 Å². The summed E-state index contributed by atoms with van der Waals surface area (Å²) < 4.78 is 0. The molecule has 0 fully saturated rings. The summed E-state index contributed by atoms with van der Waals surface area (Å²) in [6.45, 7) is 2.08. The normalized spacial score (nSPS) is 15.5. The molecule has 36 heavy (non-hydrogen) atoms. The van der Waals surface area contributed by atoms with Crippen LogP contribution in [-0.2, 0) is 11.2 Å². The minimum Gasteiger partial charge on any atom is -0.351 e. The summed E-state index contributed by atoms with van der Waals surface area (Å²) in [7, 11) is 0. The SMILES string of the molecule is C/C(=N\NC(=O)c1ccc(C(=O)NCCc2ccccn2)s1)C1=CSC(c2ccc(Cl)c(Cl)c2)C1=O. The monoisotopic (exact) mass is 558 g/mol. The standard InChI is InChI=1S/C25H20Cl2N4O3S2/c1-14(17-13-35-23(22(17)32)15-5-6-18(26)19(27)12-15)30-31-25(34)21-8-7-20(36-21)24(33)29-11-9-16-4-2-3-10-28-16/h2-8,10,12-13,23H,9,11H2,1H3,(H,29,33)(H,31,34)/b30-14+. The lowest BCUT2D eigenvalue weighted by Gasteiger charge is -2.10. The molecule has 1 aromatic carbocycles. The summed E-state index contributed by atoms with van der Waals surface area (Å²) in [5.41, 5.74) is 4.88. The van der Waals surface area contributed by atoms with Crippen molar-refractivity contribution in [2.75, 3.05) is 6.54 Å². The van der Waals surface area contributed by atoms with Crippen molar-refractivity contribution >= 4 is 69.6 Å². The van der Waals surface area contributed by atoms with Crippen LogP contribution in [0.3, 0.4) is 0 Å². The van der Waals surface area contributed by atoms with Gasteiger partial charge in [0.1, 0.15) is 0 Å². The summed E-state index contributed by atoms with van der Waals surface area (Å²) in [5, 5.41) is 8.99. The molecule has 184 valence electrons. The molecular formula is C25H20Cl2N4O3S2. The summed E-state index contributed by atoms with van der Waals surface area (Å²) in [6.07, 6.45) is 2.32. The largest absolute Gasteiger partial charge is 0.351 e. The number of allylic oxidation sites excluding steroid dienone is 1. The van der Waals surface area contributed by atoms with E-state index in [0.29, 0.717) is 44.0 Å². The molecule has 11 heteroatoms. The van der Waals surface area contributed by atoms with Crippen molar-refractivity contribution in [1.82, 2.24) is 15.7 Å². The van der Waals surface area contributed by atoms with Crippen LogP contribution < -0.4 is 10.7 Å². The molecule has 1 aliphatic heterocycles. The first kappa shape index (κ1) is 26.1. The fourth-order valence-electron chi connectivity index (χ4n) is 3.34.